The molecule has 4 fully saturated rings. The summed E-state index contributed by atoms with van der Waals surface area (Å²) in [4.78, 5) is 65.1. The molecule has 4 unspecified atom stereocenters. The normalized spacial score (nSPS) is 29.0. The van der Waals surface area contributed by atoms with Crippen molar-refractivity contribution in [2.45, 2.75) is 145 Å². The van der Waals surface area contributed by atoms with Crippen molar-refractivity contribution in [1.29, 1.82) is 0 Å². The number of aliphatic carboxylic acids is 2. The predicted molar refractivity (Wildman–Crippen MR) is 220 cm³/mol. The number of fused-ring (bicyclic) bond motifs is 1. The van der Waals surface area contributed by atoms with Crippen molar-refractivity contribution in [3.8, 4) is 0 Å². The Balaban J connectivity index is 0. The number of carboxylic acid groups (broad SMARTS) is 2. The quantitative estimate of drug-likeness (QED) is 0.0170. The Morgan fingerprint density at radius 2 is 1.41 bits per heavy atom. The van der Waals surface area contributed by atoms with Crippen molar-refractivity contribution in [3.63, 3.8) is 0 Å². The van der Waals surface area contributed by atoms with E-state index in [-0.39, 0.29) is 195 Å². The molecule has 4 saturated heterocycles. The van der Waals surface area contributed by atoms with Crippen LogP contribution in [0.15, 0.2) is 6.20 Å². The first-order chi connectivity index (χ1) is 32.8. The van der Waals surface area contributed by atoms with Gasteiger partial charge in [-0.1, -0.05) is 25.1 Å². The summed E-state index contributed by atoms with van der Waals surface area (Å²) in [6.45, 7) is 7.93. The number of hydrogen-bond acceptors (Lipinski definition) is 25. The van der Waals surface area contributed by atoms with Crippen LogP contribution in [0.4, 0.5) is 0 Å². The Morgan fingerprint density at radius 3 is 1.93 bits per heavy atom. The van der Waals surface area contributed by atoms with Crippen molar-refractivity contribution in [2.24, 2.45) is 11.8 Å². The molecule has 0 aromatic carbocycles. The largest absolute Gasteiger partial charge is 1.00 e. The second-order valence-electron chi connectivity index (χ2n) is 16.1. The van der Waals surface area contributed by atoms with Gasteiger partial charge in [-0.3, -0.25) is 23.8 Å². The number of likely N-dealkylation sites (tertiary alicyclic amines) is 1. The van der Waals surface area contributed by atoms with Crippen molar-refractivity contribution in [2.75, 3.05) is 32.9 Å². The number of carbonyl (C=O) groups excluding carboxylic acids is 5. The van der Waals surface area contributed by atoms with Crippen molar-refractivity contribution >= 4 is 50.7 Å². The second kappa shape index (κ2) is 36.9. The number of hydrogen-bond donors (Lipinski definition) is 5. The van der Waals surface area contributed by atoms with E-state index in [0.29, 0.717) is 37.8 Å². The van der Waals surface area contributed by atoms with Gasteiger partial charge in [0.25, 0.3) is 0 Å². The van der Waals surface area contributed by atoms with Crippen molar-refractivity contribution in [3.05, 3.63) is 24.5 Å². The van der Waals surface area contributed by atoms with Gasteiger partial charge in [-0.15, -0.1) is 17.7 Å². The minimum atomic E-state index is -4.92. The molecule has 4 aliphatic rings. The Hall–Kier alpha value is -0.260. The molecular formula is C38H57N6Na4O24S2-. The van der Waals surface area contributed by atoms with Crippen LogP contribution >= 0.6 is 0 Å². The van der Waals surface area contributed by atoms with Crippen LogP contribution in [0, 0.1) is 18.8 Å². The maximum absolute atomic E-state index is 13.2. The first kappa shape index (κ1) is 75.8. The molecule has 36 heteroatoms. The Morgan fingerprint density at radius 1 is 0.838 bits per heavy atom. The minimum Gasteiger partial charge on any atom is -0.726 e. The van der Waals surface area contributed by atoms with Gasteiger partial charge < -0.3 is 90.8 Å². The number of nitrogens with one attached hydrogen (secondary N) is 1. The maximum atomic E-state index is 13.2. The molecular weight excluding hydrogens is 1080 g/mol. The zero-order chi connectivity index (χ0) is 52.6. The first-order valence-corrected chi connectivity index (χ1v) is 24.1. The minimum absolute atomic E-state index is 0. The van der Waals surface area contributed by atoms with E-state index in [1.165, 1.54) is 14.5 Å². The number of nitrogens with zero attached hydrogens (tertiary/aromatic N) is 5. The topological polar surface area (TPSA) is 457 Å². The van der Waals surface area contributed by atoms with Gasteiger partial charge in [0.15, 0.2) is 6.29 Å². The maximum Gasteiger partial charge on any atom is 1.00 e. The van der Waals surface area contributed by atoms with E-state index in [2.05, 4.69) is 17.2 Å². The molecule has 30 nitrogen and oxygen atoms in total. The van der Waals surface area contributed by atoms with Crippen LogP contribution in [-0.4, -0.2) is 211 Å². The molecule has 0 aliphatic carbocycles. The molecule has 5 heterocycles. The zero-order valence-electron chi connectivity index (χ0n) is 41.8. The number of aliphatic hydroxyl groups is 4. The number of imide groups is 1. The zero-order valence-corrected chi connectivity index (χ0v) is 51.4. The van der Waals surface area contributed by atoms with E-state index in [4.69, 9.17) is 64.3 Å². The summed E-state index contributed by atoms with van der Waals surface area (Å²) in [5.41, 5.74) is 8.45. The number of carbonyl (C=O) groups is 5. The third kappa shape index (κ3) is 23.8. The van der Waals surface area contributed by atoms with Crippen LogP contribution in [-0.2, 0) is 86.5 Å². The molecule has 0 bridgehead atoms. The smallest absolute Gasteiger partial charge is 0.726 e. The summed E-state index contributed by atoms with van der Waals surface area (Å²) in [6.07, 6.45) is -12.0. The summed E-state index contributed by atoms with van der Waals surface area (Å²) in [6, 6.07) is -1.61. The molecule has 1 aromatic rings. The fourth-order valence-electron chi connectivity index (χ4n) is 8.00. The van der Waals surface area contributed by atoms with Crippen molar-refractivity contribution in [1.82, 2.24) is 24.8 Å². The monoisotopic (exact) mass is 1140 g/mol. The summed E-state index contributed by atoms with van der Waals surface area (Å²) in [5, 5.41) is 72.4. The summed E-state index contributed by atoms with van der Waals surface area (Å²) in [7, 11) is -8.03. The fraction of sp³-hybridized carbons (Fsp3) is 0.789. The van der Waals surface area contributed by atoms with E-state index < -0.39 is 118 Å². The summed E-state index contributed by atoms with van der Waals surface area (Å²) < 4.78 is 92.5. The fourth-order valence-corrected chi connectivity index (χ4v) is 8.00. The molecule has 4 aliphatic heterocycles. The number of amides is 3. The van der Waals surface area contributed by atoms with Gasteiger partial charge in [-0.2, -0.15) is 0 Å². The van der Waals surface area contributed by atoms with Crippen LogP contribution in [0.25, 0.3) is 5.73 Å². The van der Waals surface area contributed by atoms with E-state index in [9.17, 15) is 54.6 Å². The number of aromatic nitrogens is 3. The Kier molecular flexibility index (Phi) is 37.8. The Bertz CT molecular complexity index is 2100. The molecule has 5 rings (SSSR count). The van der Waals surface area contributed by atoms with Crippen molar-refractivity contribution < 1.29 is 231 Å². The summed E-state index contributed by atoms with van der Waals surface area (Å²) >= 11 is 0. The number of ether oxygens (including phenoxy) is 6. The average molecular weight is 1140 g/mol. The van der Waals surface area contributed by atoms with Gasteiger partial charge in [-0.25, -0.2) is 13.1 Å². The molecule has 0 spiro atoms. The van der Waals surface area contributed by atoms with Crippen LogP contribution in [0.3, 0.4) is 0 Å². The molecule has 14 atom stereocenters. The SMILES string of the molecule is O=S(=O)([O-])O.O=S(=O)=O.[CH2-]C1O[C@H](O[C@@H]2C(C(=O)[O-])O[C@@H](OCCOCCn3cc(CN(CCCCCN4C(=O)[C@@H]5[C@H](C4=O)[C@H](CC)O[C@@H]5CC)C(=O)CCC(=O)[O-])nn3)C(O)[C@H]2O)C([NH-])[C@@H](O)[C@@H]1O.[Na+].[Na+].[Na+].[Na+]. The van der Waals surface area contributed by atoms with E-state index in [1.807, 2.05) is 13.8 Å². The van der Waals surface area contributed by atoms with Gasteiger partial charge >= 0.3 is 129 Å². The van der Waals surface area contributed by atoms with Crippen LogP contribution in [0.1, 0.15) is 64.5 Å². The molecule has 0 radical (unpaired) electrons. The van der Waals surface area contributed by atoms with Crippen LogP contribution in [0.5, 0.6) is 0 Å². The number of carboxylic acids is 2. The summed E-state index contributed by atoms with van der Waals surface area (Å²) in [5.74, 6) is -4.91. The second-order valence-corrected chi connectivity index (χ2v) is 17.4. The molecule has 0 saturated carbocycles. The van der Waals surface area contributed by atoms with Gasteiger partial charge in [-0.05, 0) is 44.6 Å². The van der Waals surface area contributed by atoms with E-state index in [1.54, 1.807) is 6.20 Å². The van der Waals surface area contributed by atoms with Gasteiger partial charge in [0.2, 0.25) is 28.1 Å². The van der Waals surface area contributed by atoms with Gasteiger partial charge in [0, 0.05) is 25.5 Å². The van der Waals surface area contributed by atoms with Crippen LogP contribution in [0.2, 0.25) is 0 Å². The van der Waals surface area contributed by atoms with E-state index >= 15 is 0 Å². The first-order valence-electron chi connectivity index (χ1n) is 21.8. The number of rotatable bonds is 23. The molecule has 6 N–H and O–H groups in total. The number of unbranched alkanes of at least 4 members (excludes halogenated alkanes) is 2. The molecule has 400 valence electrons. The van der Waals surface area contributed by atoms with E-state index in [0.717, 1.165) is 0 Å². The van der Waals surface area contributed by atoms with Gasteiger partial charge in [0.05, 0.1) is 81.3 Å². The standard InChI is InChI=1S/C38H58N6O17.4Na.H2O4S.O3S/c1-4-21-25-26(22(5-2)59-21)35(53)44(34(25)52)12-8-6-7-11-42(23(45)9-10-24(46)47)17-20-18-43(41-40-20)13-14-56-15-16-57-38-31(51)30(50)32(33(61-38)36(54)55)60-37-27(39)29(49)28(48)19(3)58-37;;;;;1-5(2,3)4;1-4(2)3/h18-19,21-22,25-33,37-39,48-51H,3-17H2,1-2H3,(H,46,47)(H,54,55);;;;;(H2,1,2,3,4);/q-2;4*+1;;/p-3/t19?,21-,22+,25+,26-,27?,28-,29-,30-,31?,32+,33?,37-,38-;;;;;;/m1....../s1. The Labute approximate surface area is 516 Å². The van der Waals surface area contributed by atoms with Gasteiger partial charge in [0.1, 0.15) is 36.4 Å². The average Bonchev–Trinajstić information content (AvgIpc) is 3.96. The molecule has 1 aromatic heterocycles. The third-order valence-corrected chi connectivity index (χ3v) is 11.3. The molecule has 74 heavy (non-hydrogen) atoms. The van der Waals surface area contributed by atoms with Crippen LogP contribution < -0.4 is 128 Å². The predicted octanol–water partition coefficient (Wildman–Crippen LogP) is -18.2. The number of aliphatic hydroxyl groups excluding tert-OH is 4. The molecule has 3 amide bonds. The third-order valence-electron chi connectivity index (χ3n) is 11.3.